The Kier molecular flexibility index (Phi) is 3.87. The number of likely N-dealkylation sites (tertiary alicyclic amines) is 1. The molecule has 1 atom stereocenters. The normalized spacial score (nSPS) is 19.3. The number of amides is 1. The zero-order valence-electron chi connectivity index (χ0n) is 13.6. The van der Waals surface area contributed by atoms with Crippen LogP contribution in [0.2, 0.25) is 0 Å². The molecule has 3 heterocycles. The zero-order valence-corrected chi connectivity index (χ0v) is 13.6. The molecule has 1 aliphatic heterocycles. The van der Waals surface area contributed by atoms with Crippen LogP contribution in [-0.2, 0) is 4.79 Å². The van der Waals surface area contributed by atoms with Crippen molar-refractivity contribution in [2.24, 2.45) is 0 Å². The molecule has 0 N–H and O–H groups in total. The van der Waals surface area contributed by atoms with Crippen LogP contribution in [-0.4, -0.2) is 33.4 Å². The molecule has 0 spiro atoms. The van der Waals surface area contributed by atoms with E-state index in [0.717, 1.165) is 23.2 Å². The third-order valence-electron chi connectivity index (χ3n) is 4.40. The van der Waals surface area contributed by atoms with Crippen molar-refractivity contribution in [2.45, 2.75) is 31.7 Å². The molecule has 0 aromatic carbocycles. The quantitative estimate of drug-likeness (QED) is 0.761. The van der Waals surface area contributed by atoms with Crippen LogP contribution in [0.1, 0.15) is 43.0 Å². The van der Waals surface area contributed by atoms with Crippen LogP contribution in [0.25, 0.3) is 0 Å². The molecule has 1 saturated heterocycles. The van der Waals surface area contributed by atoms with Gasteiger partial charge in [-0.1, -0.05) is 11.8 Å². The summed E-state index contributed by atoms with van der Waals surface area (Å²) < 4.78 is 0. The maximum Gasteiger partial charge on any atom is 0.231 e. The first-order valence-electron chi connectivity index (χ1n) is 7.63. The van der Waals surface area contributed by atoms with E-state index < -0.39 is 0 Å². The molecule has 2 aromatic rings. The topological polar surface area (TPSA) is 46.1 Å². The molecule has 1 fully saturated rings. The molecule has 0 radical (unpaired) electrons. The van der Waals surface area contributed by atoms with E-state index in [2.05, 4.69) is 35.7 Å². The highest BCUT2D eigenvalue weighted by atomic mass is 16.2. The second kappa shape index (κ2) is 5.85. The molecule has 4 nitrogen and oxygen atoms in total. The Labute approximate surface area is 136 Å². The lowest BCUT2D eigenvalue weighted by Crippen LogP contribution is -2.37. The Morgan fingerprint density at radius 2 is 1.91 bits per heavy atom. The van der Waals surface area contributed by atoms with Crippen molar-refractivity contribution >= 4 is 5.91 Å². The number of likely N-dealkylation sites (N-methyl/N-ethyl adjacent to an activating group) is 1. The first-order chi connectivity index (χ1) is 11.0. The third kappa shape index (κ3) is 3.09. The van der Waals surface area contributed by atoms with Crippen molar-refractivity contribution in [3.05, 3.63) is 59.7 Å². The van der Waals surface area contributed by atoms with Crippen LogP contribution in [0.5, 0.6) is 0 Å². The predicted molar refractivity (Wildman–Crippen MR) is 88.7 cm³/mol. The number of rotatable bonds is 1. The van der Waals surface area contributed by atoms with Gasteiger partial charge in [-0.2, -0.15) is 0 Å². The summed E-state index contributed by atoms with van der Waals surface area (Å²) >= 11 is 0. The van der Waals surface area contributed by atoms with Gasteiger partial charge < -0.3 is 4.90 Å². The van der Waals surface area contributed by atoms with E-state index >= 15 is 0 Å². The fraction of sp³-hybridized carbons (Fsp3) is 0.316. The van der Waals surface area contributed by atoms with Gasteiger partial charge >= 0.3 is 0 Å². The van der Waals surface area contributed by atoms with Crippen LogP contribution in [0, 0.1) is 11.8 Å². The van der Waals surface area contributed by atoms with Gasteiger partial charge in [0.25, 0.3) is 0 Å². The van der Waals surface area contributed by atoms with Gasteiger partial charge in [0.05, 0.1) is 11.6 Å². The summed E-state index contributed by atoms with van der Waals surface area (Å²) in [7, 11) is 1.86. The van der Waals surface area contributed by atoms with Gasteiger partial charge in [-0.25, -0.2) is 0 Å². The van der Waals surface area contributed by atoms with Crippen molar-refractivity contribution in [3.8, 4) is 11.8 Å². The lowest BCUT2D eigenvalue weighted by Gasteiger charge is -2.26. The van der Waals surface area contributed by atoms with Crippen LogP contribution in [0.4, 0.5) is 0 Å². The third-order valence-corrected chi connectivity index (χ3v) is 4.40. The van der Waals surface area contributed by atoms with E-state index in [0.29, 0.717) is 0 Å². The molecule has 0 saturated carbocycles. The van der Waals surface area contributed by atoms with Crippen molar-refractivity contribution in [3.63, 3.8) is 0 Å². The highest BCUT2D eigenvalue weighted by Crippen LogP contribution is 2.37. The number of pyridine rings is 2. The maximum absolute atomic E-state index is 12.4. The number of hydrogen-bond donors (Lipinski definition) is 0. The molecular weight excluding hydrogens is 286 g/mol. The van der Waals surface area contributed by atoms with Crippen LogP contribution >= 0.6 is 0 Å². The van der Waals surface area contributed by atoms with Gasteiger partial charge in [-0.3, -0.25) is 14.8 Å². The van der Waals surface area contributed by atoms with Crippen molar-refractivity contribution in [1.82, 2.24) is 14.9 Å². The monoisotopic (exact) mass is 305 g/mol. The summed E-state index contributed by atoms with van der Waals surface area (Å²) in [5.74, 6) is 6.10. The molecule has 23 heavy (non-hydrogen) atoms. The summed E-state index contributed by atoms with van der Waals surface area (Å²) in [6, 6.07) is 7.60. The summed E-state index contributed by atoms with van der Waals surface area (Å²) in [5.41, 5.74) is 2.39. The Morgan fingerprint density at radius 1 is 1.17 bits per heavy atom. The van der Waals surface area contributed by atoms with Gasteiger partial charge in [0.15, 0.2) is 0 Å². The molecule has 1 aliphatic rings. The van der Waals surface area contributed by atoms with Crippen LogP contribution < -0.4 is 0 Å². The molecule has 0 bridgehead atoms. The van der Waals surface area contributed by atoms with Crippen molar-refractivity contribution in [1.29, 1.82) is 0 Å². The van der Waals surface area contributed by atoms with Crippen molar-refractivity contribution < 1.29 is 4.79 Å². The highest BCUT2D eigenvalue weighted by molar-refractivity contribution is 5.86. The SMILES string of the molecule is CN1C(=O)C(c2ccc(C#Cc3cccnc3)cn2)CC1(C)C. The van der Waals surface area contributed by atoms with Gasteiger partial charge in [-0.15, -0.1) is 0 Å². The Bertz CT molecular complexity index is 770. The lowest BCUT2D eigenvalue weighted by molar-refractivity contribution is -0.130. The number of carbonyl (C=O) groups excluding carboxylic acids is 1. The van der Waals surface area contributed by atoms with Gasteiger partial charge in [-0.05, 0) is 44.5 Å². The standard InChI is InChI=1S/C19H19N3O/c1-19(2)11-16(18(23)22(19)3)17-9-8-15(13-21-17)7-6-14-5-4-10-20-12-14/h4-5,8-10,12-13,16H,11H2,1-3H3. The van der Waals surface area contributed by atoms with E-state index in [1.807, 2.05) is 36.2 Å². The minimum atomic E-state index is -0.157. The lowest BCUT2D eigenvalue weighted by atomic mass is 9.93. The first kappa shape index (κ1) is 15.2. The molecule has 1 unspecified atom stereocenters. The largest absolute Gasteiger partial charge is 0.340 e. The minimum absolute atomic E-state index is 0.123. The summed E-state index contributed by atoms with van der Waals surface area (Å²) in [6.07, 6.45) is 5.97. The Morgan fingerprint density at radius 3 is 2.43 bits per heavy atom. The second-order valence-corrected chi connectivity index (χ2v) is 6.43. The van der Waals surface area contributed by atoms with Crippen molar-refractivity contribution in [2.75, 3.05) is 7.05 Å². The first-order valence-corrected chi connectivity index (χ1v) is 7.63. The van der Waals surface area contributed by atoms with E-state index in [-0.39, 0.29) is 17.4 Å². The Hall–Kier alpha value is -2.67. The molecule has 3 rings (SSSR count). The van der Waals surface area contributed by atoms with E-state index in [9.17, 15) is 4.79 Å². The Balaban J connectivity index is 1.79. The molecule has 0 aliphatic carbocycles. The number of aromatic nitrogens is 2. The van der Waals surface area contributed by atoms with Gasteiger partial charge in [0.2, 0.25) is 5.91 Å². The molecule has 4 heteroatoms. The van der Waals surface area contributed by atoms with Gasteiger partial charge in [0, 0.05) is 42.3 Å². The average molecular weight is 305 g/mol. The van der Waals surface area contributed by atoms with Crippen LogP contribution in [0.15, 0.2) is 42.9 Å². The van der Waals surface area contributed by atoms with Gasteiger partial charge in [0.1, 0.15) is 0 Å². The average Bonchev–Trinajstić information content (AvgIpc) is 2.78. The summed E-state index contributed by atoms with van der Waals surface area (Å²) in [6.45, 7) is 4.16. The number of carbonyl (C=O) groups is 1. The highest BCUT2D eigenvalue weighted by Gasteiger charge is 2.43. The maximum atomic E-state index is 12.4. The predicted octanol–water partition coefficient (Wildman–Crippen LogP) is 2.60. The number of hydrogen-bond acceptors (Lipinski definition) is 3. The second-order valence-electron chi connectivity index (χ2n) is 6.43. The fourth-order valence-electron chi connectivity index (χ4n) is 2.75. The number of nitrogens with zero attached hydrogens (tertiary/aromatic N) is 3. The van der Waals surface area contributed by atoms with E-state index in [4.69, 9.17) is 0 Å². The van der Waals surface area contributed by atoms with E-state index in [1.165, 1.54) is 0 Å². The summed E-state index contributed by atoms with van der Waals surface area (Å²) in [5, 5.41) is 0. The van der Waals surface area contributed by atoms with E-state index in [1.54, 1.807) is 18.6 Å². The minimum Gasteiger partial charge on any atom is -0.340 e. The zero-order chi connectivity index (χ0) is 16.4. The summed E-state index contributed by atoms with van der Waals surface area (Å²) in [4.78, 5) is 22.7. The van der Waals surface area contributed by atoms with Crippen LogP contribution in [0.3, 0.4) is 0 Å². The molecule has 1 amide bonds. The molecular formula is C19H19N3O. The smallest absolute Gasteiger partial charge is 0.231 e. The molecule has 2 aromatic heterocycles. The fourth-order valence-corrected chi connectivity index (χ4v) is 2.75. The molecule has 116 valence electrons.